The number of rotatable bonds is 5. The molecule has 4 rings (SSSR count). The van der Waals surface area contributed by atoms with Crippen LogP contribution in [0.15, 0.2) is 42.5 Å². The van der Waals surface area contributed by atoms with Crippen LogP contribution in [0, 0.1) is 11.3 Å². The highest BCUT2D eigenvalue weighted by Gasteiger charge is 2.45. The lowest BCUT2D eigenvalue weighted by atomic mass is 9.95. The predicted octanol–water partition coefficient (Wildman–Crippen LogP) is 4.97. The number of amides is 2. The number of nitrogens with zero attached hydrogens (tertiary/aromatic N) is 2. The largest absolute Gasteiger partial charge is 0.476 e. The number of halogens is 2. The van der Waals surface area contributed by atoms with Crippen LogP contribution in [0.4, 0.5) is 0 Å². The van der Waals surface area contributed by atoms with Crippen LogP contribution >= 0.6 is 23.2 Å². The summed E-state index contributed by atoms with van der Waals surface area (Å²) in [5, 5.41) is 13.1. The predicted molar refractivity (Wildman–Crippen MR) is 126 cm³/mol. The number of hydrogen-bond acceptors (Lipinski definition) is 4. The number of ether oxygens (including phenoxy) is 1. The van der Waals surface area contributed by atoms with E-state index in [1.165, 1.54) is 0 Å². The van der Waals surface area contributed by atoms with Crippen LogP contribution < -0.4 is 10.1 Å². The van der Waals surface area contributed by atoms with E-state index < -0.39 is 5.60 Å². The van der Waals surface area contributed by atoms with Crippen LogP contribution in [-0.2, 0) is 4.79 Å². The lowest BCUT2D eigenvalue weighted by Gasteiger charge is -2.40. The van der Waals surface area contributed by atoms with Gasteiger partial charge >= 0.3 is 0 Å². The van der Waals surface area contributed by atoms with Crippen molar-refractivity contribution < 1.29 is 14.3 Å². The summed E-state index contributed by atoms with van der Waals surface area (Å²) in [6, 6.07) is 13.8. The molecule has 6 nitrogen and oxygen atoms in total. The second-order valence-electron chi connectivity index (χ2n) is 9.12. The molecule has 2 saturated heterocycles. The number of hydrogen-bond donors (Lipinski definition) is 1. The van der Waals surface area contributed by atoms with E-state index in [0.717, 1.165) is 12.8 Å². The number of nitriles is 1. The van der Waals surface area contributed by atoms with Gasteiger partial charge in [-0.2, -0.15) is 5.26 Å². The summed E-state index contributed by atoms with van der Waals surface area (Å²) >= 11 is 12.1. The van der Waals surface area contributed by atoms with E-state index in [-0.39, 0.29) is 29.9 Å². The summed E-state index contributed by atoms with van der Waals surface area (Å²) in [6.45, 7) is 3.39. The van der Waals surface area contributed by atoms with Crippen molar-refractivity contribution in [3.8, 4) is 11.8 Å². The van der Waals surface area contributed by atoms with Crippen molar-refractivity contribution in [3.63, 3.8) is 0 Å². The summed E-state index contributed by atoms with van der Waals surface area (Å²) in [4.78, 5) is 28.1. The highest BCUT2D eigenvalue weighted by atomic mass is 35.5. The van der Waals surface area contributed by atoms with Gasteiger partial charge in [0, 0.05) is 28.7 Å². The van der Waals surface area contributed by atoms with E-state index in [4.69, 9.17) is 33.2 Å². The molecular formula is C25H25Cl2N3O3. The fourth-order valence-electron chi connectivity index (χ4n) is 4.74. The number of piperidine rings is 1. The van der Waals surface area contributed by atoms with Crippen molar-refractivity contribution in [2.75, 3.05) is 0 Å². The second kappa shape index (κ2) is 9.24. The Morgan fingerprint density at radius 1 is 1.12 bits per heavy atom. The molecule has 2 bridgehead atoms. The van der Waals surface area contributed by atoms with E-state index in [2.05, 4.69) is 11.4 Å². The van der Waals surface area contributed by atoms with Gasteiger partial charge in [-0.3, -0.25) is 9.59 Å². The van der Waals surface area contributed by atoms with Gasteiger partial charge in [0.25, 0.3) is 11.8 Å². The van der Waals surface area contributed by atoms with Crippen LogP contribution in [0.5, 0.6) is 5.75 Å². The lowest BCUT2D eigenvalue weighted by molar-refractivity contribution is -0.135. The molecule has 0 aromatic heterocycles. The third-order valence-corrected chi connectivity index (χ3v) is 6.88. The monoisotopic (exact) mass is 485 g/mol. The van der Waals surface area contributed by atoms with Gasteiger partial charge in [-0.25, -0.2) is 0 Å². The first-order chi connectivity index (χ1) is 15.7. The Kier molecular flexibility index (Phi) is 6.56. The highest BCUT2D eigenvalue weighted by molar-refractivity contribution is 6.35. The van der Waals surface area contributed by atoms with E-state index in [1.807, 2.05) is 4.90 Å². The molecule has 8 heteroatoms. The molecule has 2 aromatic carbocycles. The normalized spacial score (nSPS) is 21.9. The maximum Gasteiger partial charge on any atom is 0.263 e. The molecular weight excluding hydrogens is 461 g/mol. The molecule has 1 N–H and O–H groups in total. The van der Waals surface area contributed by atoms with Gasteiger partial charge in [-0.15, -0.1) is 0 Å². The zero-order valence-corrected chi connectivity index (χ0v) is 20.0. The summed E-state index contributed by atoms with van der Waals surface area (Å²) in [5.41, 5.74) is -0.137. The number of nitrogens with one attached hydrogen (secondary N) is 1. The molecule has 2 aliphatic rings. The van der Waals surface area contributed by atoms with Crippen LogP contribution in [0.1, 0.15) is 55.5 Å². The van der Waals surface area contributed by atoms with Gasteiger partial charge < -0.3 is 15.0 Å². The SMILES string of the molecule is CC(C)(Oc1ccc(Cl)cc1Cl)C(=O)NC1CC2CCC(C1)N2C(=O)c1cccc(C#N)c1. The highest BCUT2D eigenvalue weighted by Crippen LogP contribution is 2.37. The maximum absolute atomic E-state index is 13.2. The van der Waals surface area contributed by atoms with Crippen molar-refractivity contribution in [1.29, 1.82) is 5.26 Å². The van der Waals surface area contributed by atoms with Crippen molar-refractivity contribution in [2.45, 2.75) is 63.3 Å². The first-order valence-corrected chi connectivity index (χ1v) is 11.7. The average Bonchev–Trinajstić information content (AvgIpc) is 3.05. The molecule has 2 fully saturated rings. The zero-order chi connectivity index (χ0) is 23.8. The van der Waals surface area contributed by atoms with Gasteiger partial charge in [-0.05, 0) is 75.9 Å². The molecule has 2 amide bonds. The Hall–Kier alpha value is -2.75. The molecule has 2 aliphatic heterocycles. The Balaban J connectivity index is 1.41. The minimum absolute atomic E-state index is 0.0481. The Morgan fingerprint density at radius 3 is 2.45 bits per heavy atom. The maximum atomic E-state index is 13.2. The van der Waals surface area contributed by atoms with Gasteiger partial charge in [0.15, 0.2) is 5.60 Å². The fourth-order valence-corrected chi connectivity index (χ4v) is 5.18. The number of carbonyl (C=O) groups is 2. The molecule has 2 unspecified atom stereocenters. The second-order valence-corrected chi connectivity index (χ2v) is 9.96. The molecule has 2 heterocycles. The average molecular weight is 486 g/mol. The van der Waals surface area contributed by atoms with E-state index >= 15 is 0 Å². The quantitative estimate of drug-likeness (QED) is 0.647. The molecule has 0 spiro atoms. The summed E-state index contributed by atoms with van der Waals surface area (Å²) < 4.78 is 5.91. The van der Waals surface area contributed by atoms with Crippen molar-refractivity contribution in [2.24, 2.45) is 0 Å². The van der Waals surface area contributed by atoms with E-state index in [1.54, 1.807) is 56.3 Å². The smallest absolute Gasteiger partial charge is 0.263 e. The van der Waals surface area contributed by atoms with Gasteiger partial charge in [0.2, 0.25) is 0 Å². The van der Waals surface area contributed by atoms with Gasteiger partial charge in [0.05, 0.1) is 16.7 Å². The Labute approximate surface area is 203 Å². The molecule has 0 radical (unpaired) electrons. The molecule has 0 aliphatic carbocycles. The summed E-state index contributed by atoms with van der Waals surface area (Å²) in [6.07, 6.45) is 3.18. The van der Waals surface area contributed by atoms with Crippen molar-refractivity contribution in [1.82, 2.24) is 10.2 Å². The fraction of sp³-hybridized carbons (Fsp3) is 0.400. The third-order valence-electron chi connectivity index (χ3n) is 6.35. The summed E-state index contributed by atoms with van der Waals surface area (Å²) in [5.74, 6) is 0.103. The first kappa shape index (κ1) is 23.4. The summed E-state index contributed by atoms with van der Waals surface area (Å²) in [7, 11) is 0. The number of benzene rings is 2. The van der Waals surface area contributed by atoms with Crippen molar-refractivity contribution in [3.05, 3.63) is 63.6 Å². The Morgan fingerprint density at radius 2 is 1.82 bits per heavy atom. The van der Waals surface area contributed by atoms with Gasteiger partial charge in [0.1, 0.15) is 5.75 Å². The minimum atomic E-state index is -1.14. The van der Waals surface area contributed by atoms with Crippen LogP contribution in [0.2, 0.25) is 10.0 Å². The Bertz CT molecular complexity index is 1110. The van der Waals surface area contributed by atoms with E-state index in [0.29, 0.717) is 39.8 Å². The molecule has 2 aromatic rings. The van der Waals surface area contributed by atoms with Crippen LogP contribution in [0.3, 0.4) is 0 Å². The standard InChI is InChI=1S/C25H25Cl2N3O3/c1-25(2,33-22-9-6-17(26)11-21(22)27)24(32)29-18-12-19-7-8-20(13-18)30(19)23(31)16-5-3-4-15(10-16)14-28/h3-6,9-11,18-20H,7-8,12-13H2,1-2H3,(H,29,32). The molecule has 0 saturated carbocycles. The van der Waals surface area contributed by atoms with E-state index in [9.17, 15) is 9.59 Å². The topological polar surface area (TPSA) is 82.4 Å². The third kappa shape index (κ3) is 4.95. The van der Waals surface area contributed by atoms with Crippen molar-refractivity contribution >= 4 is 35.0 Å². The first-order valence-electron chi connectivity index (χ1n) is 11.0. The van der Waals surface area contributed by atoms with Crippen LogP contribution in [-0.4, -0.2) is 40.4 Å². The molecule has 33 heavy (non-hydrogen) atoms. The molecule has 2 atom stereocenters. The zero-order valence-electron chi connectivity index (χ0n) is 18.5. The minimum Gasteiger partial charge on any atom is -0.476 e. The molecule has 172 valence electrons. The lowest BCUT2D eigenvalue weighted by Crippen LogP contribution is -2.56. The van der Waals surface area contributed by atoms with Gasteiger partial charge in [-0.1, -0.05) is 29.3 Å². The number of fused-ring (bicyclic) bond motifs is 2. The number of carbonyl (C=O) groups excluding carboxylic acids is 2. The van der Waals surface area contributed by atoms with Crippen LogP contribution in [0.25, 0.3) is 0 Å².